The maximum Gasteiger partial charge on any atom is 0.209 e. The average Bonchev–Trinajstić information content (AvgIpc) is 2.87. The molecule has 0 spiro atoms. The summed E-state index contributed by atoms with van der Waals surface area (Å²) < 4.78 is 4.34. The first-order valence-corrected chi connectivity index (χ1v) is 6.78. The fraction of sp³-hybridized carbons (Fsp3) is 0.308. The summed E-state index contributed by atoms with van der Waals surface area (Å²) in [7, 11) is 1.95. The lowest BCUT2D eigenvalue weighted by Gasteiger charge is -2.15. The largest absolute Gasteiger partial charge is 0.384 e. The summed E-state index contributed by atoms with van der Waals surface area (Å²) in [6.07, 6.45) is 0. The van der Waals surface area contributed by atoms with E-state index in [9.17, 15) is 0 Å². The highest BCUT2D eigenvalue weighted by Crippen LogP contribution is 2.27. The maximum atomic E-state index is 7.37. The summed E-state index contributed by atoms with van der Waals surface area (Å²) in [5.41, 5.74) is 7.15. The first kappa shape index (κ1) is 13.5. The molecule has 0 fully saturated rings. The number of amidine groups is 1. The molecule has 0 radical (unpaired) electrons. The summed E-state index contributed by atoms with van der Waals surface area (Å²) in [6.45, 7) is 4.15. The number of aromatic nitrogens is 2. The Balaban J connectivity index is 2.22. The Morgan fingerprint density at radius 2 is 1.95 bits per heavy atom. The van der Waals surface area contributed by atoms with Crippen molar-refractivity contribution in [2.75, 3.05) is 11.9 Å². The van der Waals surface area contributed by atoms with Crippen LogP contribution in [0.3, 0.4) is 0 Å². The molecule has 1 aromatic heterocycles. The minimum absolute atomic E-state index is 0.0761. The number of nitrogens with zero attached hydrogens (tertiary/aromatic N) is 3. The maximum absolute atomic E-state index is 7.37. The lowest BCUT2D eigenvalue weighted by atomic mass is 10.2. The van der Waals surface area contributed by atoms with E-state index in [4.69, 9.17) is 11.1 Å². The zero-order valence-electron chi connectivity index (χ0n) is 11.2. The fourth-order valence-corrected chi connectivity index (χ4v) is 2.36. The van der Waals surface area contributed by atoms with Crippen molar-refractivity contribution in [2.24, 2.45) is 5.73 Å². The van der Waals surface area contributed by atoms with Gasteiger partial charge in [0.2, 0.25) is 5.13 Å². The second kappa shape index (κ2) is 5.36. The standard InChI is InChI=1S/C13H17N5S/c1-8(2)12-16-13(19-17-12)18(3)10-6-4-9(5-7-10)11(14)15/h4-8H,1-3H3,(H3,14,15). The van der Waals surface area contributed by atoms with Crippen molar-refractivity contribution in [3.05, 3.63) is 35.7 Å². The molecule has 0 saturated carbocycles. The second-order valence-corrected chi connectivity index (χ2v) is 5.34. The third-order valence-electron chi connectivity index (χ3n) is 2.80. The molecule has 0 amide bonds. The van der Waals surface area contributed by atoms with E-state index >= 15 is 0 Å². The van der Waals surface area contributed by atoms with Gasteiger partial charge in [0.15, 0.2) is 0 Å². The van der Waals surface area contributed by atoms with Crippen LogP contribution in [-0.4, -0.2) is 22.2 Å². The van der Waals surface area contributed by atoms with Gasteiger partial charge >= 0.3 is 0 Å². The van der Waals surface area contributed by atoms with Gasteiger partial charge in [0.05, 0.1) is 0 Å². The average molecular weight is 275 g/mol. The number of benzene rings is 1. The number of anilines is 2. The van der Waals surface area contributed by atoms with Crippen LogP contribution < -0.4 is 10.6 Å². The molecule has 2 rings (SSSR count). The predicted molar refractivity (Wildman–Crippen MR) is 79.5 cm³/mol. The van der Waals surface area contributed by atoms with Gasteiger partial charge in [-0.3, -0.25) is 5.41 Å². The summed E-state index contributed by atoms with van der Waals surface area (Å²) in [4.78, 5) is 6.49. The lowest BCUT2D eigenvalue weighted by Crippen LogP contribution is -2.12. The minimum atomic E-state index is 0.0761. The Morgan fingerprint density at radius 1 is 1.32 bits per heavy atom. The molecule has 6 heteroatoms. The Morgan fingerprint density at radius 3 is 2.42 bits per heavy atom. The van der Waals surface area contributed by atoms with Gasteiger partial charge in [0.1, 0.15) is 11.7 Å². The Labute approximate surface area is 116 Å². The number of nitrogens with two attached hydrogens (primary N) is 1. The van der Waals surface area contributed by atoms with Crippen molar-refractivity contribution in [1.82, 2.24) is 9.36 Å². The SMILES string of the molecule is CC(C)c1nsc(N(C)c2ccc(C(=N)N)cc2)n1. The van der Waals surface area contributed by atoms with E-state index in [1.54, 1.807) is 0 Å². The second-order valence-electron chi connectivity index (χ2n) is 4.61. The van der Waals surface area contributed by atoms with Crippen LogP contribution in [0.25, 0.3) is 0 Å². The molecular formula is C13H17N5S. The molecule has 0 saturated heterocycles. The van der Waals surface area contributed by atoms with Crippen molar-refractivity contribution < 1.29 is 0 Å². The number of rotatable bonds is 4. The quantitative estimate of drug-likeness (QED) is 0.664. The van der Waals surface area contributed by atoms with Gasteiger partial charge in [-0.1, -0.05) is 13.8 Å². The molecule has 19 heavy (non-hydrogen) atoms. The number of hydrogen-bond donors (Lipinski definition) is 2. The molecular weight excluding hydrogens is 258 g/mol. The van der Waals surface area contributed by atoms with Crippen molar-refractivity contribution in [3.63, 3.8) is 0 Å². The topological polar surface area (TPSA) is 78.9 Å². The first-order valence-electron chi connectivity index (χ1n) is 6.01. The van der Waals surface area contributed by atoms with Gasteiger partial charge in [0, 0.05) is 35.7 Å². The van der Waals surface area contributed by atoms with Gasteiger partial charge in [-0.05, 0) is 24.3 Å². The van der Waals surface area contributed by atoms with E-state index < -0.39 is 0 Å². The van der Waals surface area contributed by atoms with E-state index in [-0.39, 0.29) is 5.84 Å². The number of hydrogen-bond acceptors (Lipinski definition) is 5. The molecule has 0 aliphatic rings. The van der Waals surface area contributed by atoms with E-state index in [1.165, 1.54) is 11.5 Å². The van der Waals surface area contributed by atoms with Crippen LogP contribution >= 0.6 is 11.5 Å². The summed E-state index contributed by atoms with van der Waals surface area (Å²) in [5.74, 6) is 1.28. The molecule has 0 atom stereocenters. The lowest BCUT2D eigenvalue weighted by molar-refractivity contribution is 0.798. The van der Waals surface area contributed by atoms with Crippen LogP contribution in [-0.2, 0) is 0 Å². The third-order valence-corrected chi connectivity index (χ3v) is 3.61. The summed E-state index contributed by atoms with van der Waals surface area (Å²) in [6, 6.07) is 7.51. The van der Waals surface area contributed by atoms with Gasteiger partial charge < -0.3 is 10.6 Å². The molecule has 100 valence electrons. The highest BCUT2D eigenvalue weighted by atomic mass is 32.1. The van der Waals surface area contributed by atoms with Crippen molar-refractivity contribution in [3.8, 4) is 0 Å². The van der Waals surface area contributed by atoms with E-state index in [1.807, 2.05) is 36.2 Å². The monoisotopic (exact) mass is 275 g/mol. The van der Waals surface area contributed by atoms with E-state index in [0.29, 0.717) is 5.92 Å². The fourth-order valence-electron chi connectivity index (χ4n) is 1.57. The van der Waals surface area contributed by atoms with Gasteiger partial charge in [-0.15, -0.1) is 0 Å². The zero-order valence-corrected chi connectivity index (χ0v) is 12.0. The van der Waals surface area contributed by atoms with Crippen LogP contribution in [0.1, 0.15) is 31.2 Å². The zero-order chi connectivity index (χ0) is 14.0. The molecule has 1 aromatic carbocycles. The van der Waals surface area contributed by atoms with Crippen LogP contribution in [0.2, 0.25) is 0 Å². The number of nitrogen functional groups attached to an aromatic ring is 1. The molecule has 3 N–H and O–H groups in total. The van der Waals surface area contributed by atoms with Crippen LogP contribution in [0.5, 0.6) is 0 Å². The Bertz CT molecular complexity index is 573. The van der Waals surface area contributed by atoms with Gasteiger partial charge in [-0.2, -0.15) is 4.37 Å². The van der Waals surface area contributed by atoms with Gasteiger partial charge in [0.25, 0.3) is 0 Å². The van der Waals surface area contributed by atoms with E-state index in [0.717, 1.165) is 22.2 Å². The minimum Gasteiger partial charge on any atom is -0.384 e. The van der Waals surface area contributed by atoms with Crippen molar-refractivity contribution in [2.45, 2.75) is 19.8 Å². The van der Waals surface area contributed by atoms with Crippen molar-refractivity contribution >= 4 is 28.2 Å². The van der Waals surface area contributed by atoms with Crippen LogP contribution in [0, 0.1) is 5.41 Å². The molecule has 0 aliphatic heterocycles. The van der Waals surface area contributed by atoms with Crippen LogP contribution in [0.4, 0.5) is 10.8 Å². The molecule has 0 aliphatic carbocycles. The van der Waals surface area contributed by atoms with Crippen LogP contribution in [0.15, 0.2) is 24.3 Å². The highest BCUT2D eigenvalue weighted by molar-refractivity contribution is 7.09. The van der Waals surface area contributed by atoms with E-state index in [2.05, 4.69) is 23.2 Å². The Hall–Kier alpha value is -1.95. The molecule has 2 aromatic rings. The first-order chi connectivity index (χ1) is 8.99. The van der Waals surface area contributed by atoms with Gasteiger partial charge in [-0.25, -0.2) is 4.98 Å². The normalized spacial score (nSPS) is 10.7. The predicted octanol–water partition coefficient (Wildman–Crippen LogP) is 2.71. The Kier molecular flexibility index (Phi) is 3.80. The summed E-state index contributed by atoms with van der Waals surface area (Å²) >= 11 is 1.39. The molecule has 1 heterocycles. The molecule has 0 bridgehead atoms. The van der Waals surface area contributed by atoms with Crippen molar-refractivity contribution in [1.29, 1.82) is 5.41 Å². The summed E-state index contributed by atoms with van der Waals surface area (Å²) in [5, 5.41) is 8.23. The molecule has 0 unspecified atom stereocenters. The smallest absolute Gasteiger partial charge is 0.209 e. The highest BCUT2D eigenvalue weighted by Gasteiger charge is 2.12. The molecule has 5 nitrogen and oxygen atoms in total. The third kappa shape index (κ3) is 2.90. The number of nitrogens with one attached hydrogen (secondary N) is 1.